The molecule has 0 heterocycles. The largest absolute Gasteiger partial charge is 0.497 e. The zero-order valence-corrected chi connectivity index (χ0v) is 9.19. The Morgan fingerprint density at radius 2 is 2.31 bits per heavy atom. The van der Waals surface area contributed by atoms with Crippen molar-refractivity contribution in [2.45, 2.75) is 4.90 Å². The molecule has 86 valence electrons. The minimum absolute atomic E-state index is 0.148. The number of hydrogen-bond acceptors (Lipinski definition) is 5. The summed E-state index contributed by atoms with van der Waals surface area (Å²) in [7, 11) is 1.41. The van der Waals surface area contributed by atoms with Crippen molar-refractivity contribution >= 4 is 23.4 Å². The van der Waals surface area contributed by atoms with Crippen LogP contribution < -0.4 is 4.74 Å². The molecule has 0 spiro atoms. The Morgan fingerprint density at radius 1 is 1.62 bits per heavy atom. The summed E-state index contributed by atoms with van der Waals surface area (Å²) in [5.74, 6) is -0.867. The predicted molar refractivity (Wildman–Crippen MR) is 58.0 cm³/mol. The van der Waals surface area contributed by atoms with Crippen LogP contribution in [0.2, 0.25) is 0 Å². The second-order valence-electron chi connectivity index (χ2n) is 2.77. The van der Waals surface area contributed by atoms with Gasteiger partial charge in [0, 0.05) is 0 Å². The maximum absolute atomic E-state index is 10.7. The Balaban J connectivity index is 2.98. The van der Waals surface area contributed by atoms with E-state index in [-0.39, 0.29) is 11.4 Å². The number of benzene rings is 1. The first-order chi connectivity index (χ1) is 7.54. The fourth-order valence-electron chi connectivity index (χ4n) is 1.03. The third kappa shape index (κ3) is 3.13. The van der Waals surface area contributed by atoms with Gasteiger partial charge in [-0.3, -0.25) is 14.9 Å². The Kier molecular flexibility index (Phi) is 4.12. The van der Waals surface area contributed by atoms with Crippen molar-refractivity contribution in [3.05, 3.63) is 28.3 Å². The summed E-state index contributed by atoms with van der Waals surface area (Å²) in [6.45, 7) is 0. The Hall–Kier alpha value is -1.76. The summed E-state index contributed by atoms with van der Waals surface area (Å²) >= 11 is 0.906. The van der Waals surface area contributed by atoms with Gasteiger partial charge in [-0.15, -0.1) is 11.8 Å². The maximum Gasteiger partial charge on any atom is 0.313 e. The summed E-state index contributed by atoms with van der Waals surface area (Å²) in [4.78, 5) is 20.8. The molecule has 0 aliphatic heterocycles. The van der Waals surface area contributed by atoms with Gasteiger partial charge in [0.1, 0.15) is 5.75 Å². The Labute approximate surface area is 95.4 Å². The van der Waals surface area contributed by atoms with Crippen molar-refractivity contribution in [3.63, 3.8) is 0 Å². The number of nitro groups is 1. The molecule has 0 aromatic heterocycles. The molecule has 0 unspecified atom stereocenters. The molecular weight excluding hydrogens is 234 g/mol. The van der Waals surface area contributed by atoms with Crippen LogP contribution in [0.25, 0.3) is 0 Å². The molecule has 0 radical (unpaired) electrons. The number of aliphatic carboxylic acids is 1. The predicted octanol–water partition coefficient (Wildman–Crippen LogP) is 1.78. The molecule has 1 N–H and O–H groups in total. The smallest absolute Gasteiger partial charge is 0.313 e. The van der Waals surface area contributed by atoms with Crippen LogP contribution in [-0.4, -0.2) is 28.9 Å². The van der Waals surface area contributed by atoms with Gasteiger partial charge in [0.15, 0.2) is 0 Å². The van der Waals surface area contributed by atoms with Gasteiger partial charge in [0.05, 0.1) is 28.7 Å². The van der Waals surface area contributed by atoms with Crippen molar-refractivity contribution in [2.75, 3.05) is 12.9 Å². The molecule has 0 aliphatic carbocycles. The van der Waals surface area contributed by atoms with Gasteiger partial charge in [-0.2, -0.15) is 0 Å². The van der Waals surface area contributed by atoms with Gasteiger partial charge >= 0.3 is 5.97 Å². The minimum Gasteiger partial charge on any atom is -0.497 e. The highest BCUT2D eigenvalue weighted by Crippen LogP contribution is 2.32. The number of carboxylic acids is 1. The fourth-order valence-corrected chi connectivity index (χ4v) is 1.75. The molecular formula is C9H9NO5S. The molecule has 0 saturated carbocycles. The van der Waals surface area contributed by atoms with E-state index in [0.29, 0.717) is 10.6 Å². The van der Waals surface area contributed by atoms with Crippen molar-refractivity contribution in [3.8, 4) is 5.75 Å². The number of thioether (sulfide) groups is 1. The lowest BCUT2D eigenvalue weighted by atomic mass is 10.3. The number of nitrogens with zero attached hydrogens (tertiary/aromatic N) is 1. The first-order valence-electron chi connectivity index (χ1n) is 4.21. The molecule has 16 heavy (non-hydrogen) atoms. The summed E-state index contributed by atoms with van der Waals surface area (Å²) < 4.78 is 4.86. The average Bonchev–Trinajstić information content (AvgIpc) is 2.25. The normalized spacial score (nSPS) is 9.81. The highest BCUT2D eigenvalue weighted by atomic mass is 32.2. The topological polar surface area (TPSA) is 89.7 Å². The van der Waals surface area contributed by atoms with E-state index in [4.69, 9.17) is 9.84 Å². The van der Waals surface area contributed by atoms with E-state index in [2.05, 4.69) is 0 Å². The minimum atomic E-state index is -1.02. The zero-order valence-electron chi connectivity index (χ0n) is 8.37. The number of nitro benzene ring substituents is 1. The number of methoxy groups -OCH3 is 1. The highest BCUT2D eigenvalue weighted by molar-refractivity contribution is 8.00. The first kappa shape index (κ1) is 12.3. The third-order valence-corrected chi connectivity index (χ3v) is 2.76. The van der Waals surface area contributed by atoms with Crippen LogP contribution in [0.3, 0.4) is 0 Å². The standard InChI is InChI=1S/C9H9NO5S/c1-15-6-2-3-8(16-5-9(11)12)7(4-6)10(13)14/h2-4H,5H2,1H3,(H,11,12). The second-order valence-corrected chi connectivity index (χ2v) is 3.79. The molecule has 0 saturated heterocycles. The van der Waals surface area contributed by atoms with Crippen molar-refractivity contribution in [1.29, 1.82) is 0 Å². The van der Waals surface area contributed by atoms with Crippen LogP contribution in [0.1, 0.15) is 0 Å². The van der Waals surface area contributed by atoms with E-state index >= 15 is 0 Å². The lowest BCUT2D eigenvalue weighted by molar-refractivity contribution is -0.387. The lowest BCUT2D eigenvalue weighted by Gasteiger charge is -2.03. The summed E-state index contributed by atoms with van der Waals surface area (Å²) in [6, 6.07) is 4.30. The van der Waals surface area contributed by atoms with Gasteiger partial charge in [-0.25, -0.2) is 0 Å². The number of ether oxygens (including phenoxy) is 1. The molecule has 1 aromatic rings. The molecule has 0 fully saturated rings. The van der Waals surface area contributed by atoms with Crippen LogP contribution in [0.5, 0.6) is 5.75 Å². The Bertz CT molecular complexity index is 420. The fraction of sp³-hybridized carbons (Fsp3) is 0.222. The third-order valence-electron chi connectivity index (χ3n) is 1.71. The second kappa shape index (κ2) is 5.36. The lowest BCUT2D eigenvalue weighted by Crippen LogP contribution is -1.99. The van der Waals surface area contributed by atoms with Gasteiger partial charge in [-0.05, 0) is 12.1 Å². The molecule has 0 amide bonds. The van der Waals surface area contributed by atoms with Gasteiger partial charge in [-0.1, -0.05) is 0 Å². The molecule has 0 atom stereocenters. The van der Waals surface area contributed by atoms with Crippen LogP contribution in [0, 0.1) is 10.1 Å². The van der Waals surface area contributed by atoms with Crippen LogP contribution in [0.4, 0.5) is 5.69 Å². The zero-order chi connectivity index (χ0) is 12.1. The van der Waals surface area contributed by atoms with Crippen LogP contribution in [0.15, 0.2) is 23.1 Å². The van der Waals surface area contributed by atoms with Crippen molar-refractivity contribution < 1.29 is 19.6 Å². The van der Waals surface area contributed by atoms with E-state index < -0.39 is 10.9 Å². The number of carbonyl (C=O) groups is 1. The molecule has 0 aliphatic rings. The molecule has 1 rings (SSSR count). The highest BCUT2D eigenvalue weighted by Gasteiger charge is 2.16. The Morgan fingerprint density at radius 3 is 2.81 bits per heavy atom. The van der Waals surface area contributed by atoms with E-state index in [9.17, 15) is 14.9 Å². The number of carboxylic acid groups (broad SMARTS) is 1. The quantitative estimate of drug-likeness (QED) is 0.481. The number of hydrogen-bond donors (Lipinski definition) is 1. The van der Waals surface area contributed by atoms with Crippen molar-refractivity contribution in [2.24, 2.45) is 0 Å². The van der Waals surface area contributed by atoms with E-state index in [1.54, 1.807) is 6.07 Å². The number of rotatable bonds is 5. The van der Waals surface area contributed by atoms with E-state index in [1.165, 1.54) is 19.2 Å². The summed E-state index contributed by atoms with van der Waals surface area (Å²) in [5, 5.41) is 19.2. The molecule has 0 bridgehead atoms. The monoisotopic (exact) mass is 243 g/mol. The van der Waals surface area contributed by atoms with Gasteiger partial charge in [0.2, 0.25) is 0 Å². The average molecular weight is 243 g/mol. The van der Waals surface area contributed by atoms with Gasteiger partial charge < -0.3 is 9.84 Å². The summed E-state index contributed by atoms with van der Waals surface area (Å²) in [6.07, 6.45) is 0. The van der Waals surface area contributed by atoms with E-state index in [1.807, 2.05) is 0 Å². The SMILES string of the molecule is COc1ccc(SCC(=O)O)c([N+](=O)[O-])c1. The molecule has 1 aromatic carbocycles. The molecule has 7 heteroatoms. The maximum atomic E-state index is 10.7. The van der Waals surface area contributed by atoms with Crippen molar-refractivity contribution in [1.82, 2.24) is 0 Å². The molecule has 6 nitrogen and oxygen atoms in total. The first-order valence-corrected chi connectivity index (χ1v) is 5.20. The van der Waals surface area contributed by atoms with E-state index in [0.717, 1.165) is 11.8 Å². The van der Waals surface area contributed by atoms with Gasteiger partial charge in [0.25, 0.3) is 5.69 Å². The summed E-state index contributed by atoms with van der Waals surface area (Å²) in [5.41, 5.74) is -0.148. The van der Waals surface area contributed by atoms with Crippen LogP contribution >= 0.6 is 11.8 Å². The van der Waals surface area contributed by atoms with Crippen LogP contribution in [-0.2, 0) is 4.79 Å².